The molecule has 1 unspecified atom stereocenters. The lowest BCUT2D eigenvalue weighted by Crippen LogP contribution is -2.13. The number of aryl methyl sites for hydroxylation is 1. The molecule has 0 spiro atoms. The zero-order valence-corrected chi connectivity index (χ0v) is 10.5. The highest BCUT2D eigenvalue weighted by atomic mass is 16.7. The van der Waals surface area contributed by atoms with Crippen LogP contribution in [0.2, 0.25) is 0 Å². The molecule has 1 aliphatic rings. The number of nitrogens with two attached hydrogens (primary N) is 1. The molecule has 5 heteroatoms. The molecule has 1 aromatic carbocycles. The number of carbonyl (C=O) groups is 1. The third-order valence-electron chi connectivity index (χ3n) is 3.25. The van der Waals surface area contributed by atoms with Crippen LogP contribution in [0.3, 0.4) is 0 Å². The molecule has 0 amide bonds. The van der Waals surface area contributed by atoms with E-state index >= 15 is 0 Å². The average Bonchev–Trinajstić information content (AvgIpc) is 2.80. The summed E-state index contributed by atoms with van der Waals surface area (Å²) in [5, 5.41) is 8.69. The molecule has 1 heterocycles. The van der Waals surface area contributed by atoms with Crippen molar-refractivity contribution in [2.24, 2.45) is 5.73 Å². The number of benzene rings is 1. The molecule has 0 saturated heterocycles. The zero-order valence-electron chi connectivity index (χ0n) is 10.5. The van der Waals surface area contributed by atoms with E-state index in [1.807, 2.05) is 19.9 Å². The van der Waals surface area contributed by atoms with Gasteiger partial charge >= 0.3 is 5.97 Å². The summed E-state index contributed by atoms with van der Waals surface area (Å²) >= 11 is 0. The van der Waals surface area contributed by atoms with Crippen LogP contribution in [0.15, 0.2) is 6.07 Å². The predicted octanol–water partition coefficient (Wildman–Crippen LogP) is 1.90. The molecular formula is C13H17NO4. The second kappa shape index (κ2) is 4.86. The highest BCUT2D eigenvalue weighted by molar-refractivity contribution is 5.67. The fraction of sp³-hybridized carbons (Fsp3) is 0.462. The summed E-state index contributed by atoms with van der Waals surface area (Å²) < 4.78 is 10.9. The van der Waals surface area contributed by atoms with Gasteiger partial charge in [-0.05, 0) is 31.4 Å². The van der Waals surface area contributed by atoms with Gasteiger partial charge in [0.2, 0.25) is 6.79 Å². The smallest absolute Gasteiger partial charge is 0.303 e. The largest absolute Gasteiger partial charge is 0.481 e. The van der Waals surface area contributed by atoms with Gasteiger partial charge in [0.1, 0.15) is 0 Å². The normalized spacial score (nSPS) is 14.6. The molecule has 5 nitrogen and oxygen atoms in total. The molecule has 3 N–H and O–H groups in total. The number of carboxylic acids is 1. The number of carboxylic acid groups (broad SMARTS) is 1. The van der Waals surface area contributed by atoms with Gasteiger partial charge in [-0.15, -0.1) is 0 Å². The minimum Gasteiger partial charge on any atom is -0.481 e. The number of fused-ring (bicyclic) bond motifs is 1. The molecule has 0 fully saturated rings. The third-order valence-corrected chi connectivity index (χ3v) is 3.25. The Labute approximate surface area is 106 Å². The third kappa shape index (κ3) is 2.26. The molecule has 98 valence electrons. The van der Waals surface area contributed by atoms with Crippen LogP contribution >= 0.6 is 0 Å². The van der Waals surface area contributed by atoms with Crippen LogP contribution in [-0.2, 0) is 4.79 Å². The maximum Gasteiger partial charge on any atom is 0.303 e. The maximum atomic E-state index is 10.6. The van der Waals surface area contributed by atoms with E-state index in [9.17, 15) is 4.79 Å². The molecule has 0 aromatic heterocycles. The van der Waals surface area contributed by atoms with E-state index in [2.05, 4.69) is 0 Å². The molecule has 1 aromatic rings. The summed E-state index contributed by atoms with van der Waals surface area (Å²) in [6.45, 7) is 4.14. The summed E-state index contributed by atoms with van der Waals surface area (Å²) in [7, 11) is 0. The zero-order chi connectivity index (χ0) is 13.3. The Kier molecular flexibility index (Phi) is 3.43. The quantitative estimate of drug-likeness (QED) is 0.854. The van der Waals surface area contributed by atoms with Gasteiger partial charge in [-0.25, -0.2) is 0 Å². The van der Waals surface area contributed by atoms with E-state index in [-0.39, 0.29) is 19.3 Å². The Morgan fingerprint density at radius 1 is 1.44 bits per heavy atom. The number of rotatable bonds is 4. The van der Waals surface area contributed by atoms with Gasteiger partial charge in [0.05, 0.1) is 0 Å². The van der Waals surface area contributed by atoms with E-state index in [1.165, 1.54) is 0 Å². The minimum atomic E-state index is -0.844. The summed E-state index contributed by atoms with van der Waals surface area (Å²) in [4.78, 5) is 10.6. The Bertz CT molecular complexity index is 484. The lowest BCUT2D eigenvalue weighted by molar-refractivity contribution is -0.137. The fourth-order valence-corrected chi connectivity index (χ4v) is 2.07. The van der Waals surface area contributed by atoms with Gasteiger partial charge < -0.3 is 20.3 Å². The van der Waals surface area contributed by atoms with Crippen LogP contribution in [0.4, 0.5) is 0 Å². The number of ether oxygens (including phenoxy) is 2. The van der Waals surface area contributed by atoms with E-state index < -0.39 is 5.97 Å². The van der Waals surface area contributed by atoms with Gasteiger partial charge in [-0.2, -0.15) is 0 Å². The first-order valence-corrected chi connectivity index (χ1v) is 5.87. The van der Waals surface area contributed by atoms with E-state index in [4.69, 9.17) is 20.3 Å². The highest BCUT2D eigenvalue weighted by Gasteiger charge is 2.25. The minimum absolute atomic E-state index is 0.0454. The van der Waals surface area contributed by atoms with E-state index in [0.717, 1.165) is 22.4 Å². The second-order valence-corrected chi connectivity index (χ2v) is 4.51. The van der Waals surface area contributed by atoms with Gasteiger partial charge in [0, 0.05) is 18.0 Å². The topological polar surface area (TPSA) is 81.8 Å². The fourth-order valence-electron chi connectivity index (χ4n) is 2.07. The van der Waals surface area contributed by atoms with E-state index in [1.54, 1.807) is 0 Å². The molecule has 0 aliphatic carbocycles. The Morgan fingerprint density at radius 2 is 2.11 bits per heavy atom. The summed E-state index contributed by atoms with van der Waals surface area (Å²) in [5.41, 5.74) is 8.97. The highest BCUT2D eigenvalue weighted by Crippen LogP contribution is 2.43. The van der Waals surface area contributed by atoms with Gasteiger partial charge in [-0.3, -0.25) is 4.79 Å². The lowest BCUT2D eigenvalue weighted by atomic mass is 9.96. The van der Waals surface area contributed by atoms with Crippen molar-refractivity contribution in [3.63, 3.8) is 0 Å². The molecule has 2 rings (SSSR count). The van der Waals surface area contributed by atoms with E-state index in [0.29, 0.717) is 12.2 Å². The van der Waals surface area contributed by atoms with Crippen LogP contribution in [0.5, 0.6) is 11.5 Å². The van der Waals surface area contributed by atoms with Crippen LogP contribution in [0.25, 0.3) is 0 Å². The monoisotopic (exact) mass is 251 g/mol. The second-order valence-electron chi connectivity index (χ2n) is 4.51. The number of aliphatic carboxylic acids is 1. The van der Waals surface area contributed by atoms with Crippen molar-refractivity contribution in [3.8, 4) is 11.5 Å². The van der Waals surface area contributed by atoms with Crippen molar-refractivity contribution in [3.05, 3.63) is 22.8 Å². The van der Waals surface area contributed by atoms with Gasteiger partial charge in [-0.1, -0.05) is 6.07 Å². The van der Waals surface area contributed by atoms with Crippen molar-refractivity contribution >= 4 is 5.97 Å². The molecular weight excluding hydrogens is 234 g/mol. The van der Waals surface area contributed by atoms with Crippen molar-refractivity contribution < 1.29 is 19.4 Å². The molecule has 1 atom stereocenters. The standard InChI is InChI=1S/C13H17NO4/c1-7-5-9(10(14)3-4-11(15)16)13-12(8(7)2)17-6-18-13/h5,10H,3-4,6,14H2,1-2H3,(H,15,16). The Hall–Kier alpha value is -1.75. The van der Waals surface area contributed by atoms with Gasteiger partial charge in [0.25, 0.3) is 0 Å². The molecule has 0 radical (unpaired) electrons. The first-order chi connectivity index (χ1) is 8.50. The number of hydrogen-bond donors (Lipinski definition) is 2. The number of hydrogen-bond acceptors (Lipinski definition) is 4. The lowest BCUT2D eigenvalue weighted by Gasteiger charge is -2.16. The van der Waals surface area contributed by atoms with Crippen molar-refractivity contribution in [2.45, 2.75) is 32.7 Å². The van der Waals surface area contributed by atoms with Crippen LogP contribution in [0, 0.1) is 13.8 Å². The molecule has 1 aliphatic heterocycles. The maximum absolute atomic E-state index is 10.6. The Morgan fingerprint density at radius 3 is 2.78 bits per heavy atom. The van der Waals surface area contributed by atoms with Crippen LogP contribution in [-0.4, -0.2) is 17.9 Å². The first-order valence-electron chi connectivity index (χ1n) is 5.87. The average molecular weight is 251 g/mol. The van der Waals surface area contributed by atoms with Crippen molar-refractivity contribution in [1.82, 2.24) is 0 Å². The van der Waals surface area contributed by atoms with Crippen molar-refractivity contribution in [2.75, 3.05) is 6.79 Å². The van der Waals surface area contributed by atoms with Gasteiger partial charge in [0.15, 0.2) is 11.5 Å². The van der Waals surface area contributed by atoms with Crippen LogP contribution < -0.4 is 15.2 Å². The molecule has 0 bridgehead atoms. The summed E-state index contributed by atoms with van der Waals surface area (Å²) in [5.74, 6) is 0.551. The van der Waals surface area contributed by atoms with Crippen molar-refractivity contribution in [1.29, 1.82) is 0 Å². The predicted molar refractivity (Wildman–Crippen MR) is 65.8 cm³/mol. The Balaban J connectivity index is 2.31. The molecule has 18 heavy (non-hydrogen) atoms. The molecule has 0 saturated carbocycles. The first kappa shape index (κ1) is 12.7. The summed E-state index contributed by atoms with van der Waals surface area (Å²) in [6.07, 6.45) is 0.428. The van der Waals surface area contributed by atoms with Crippen LogP contribution in [0.1, 0.15) is 35.6 Å². The summed E-state index contributed by atoms with van der Waals surface area (Å²) in [6, 6.07) is 1.60. The SMILES string of the molecule is Cc1cc(C(N)CCC(=O)O)c2c(c1C)OCO2.